The van der Waals surface area contributed by atoms with Crippen molar-refractivity contribution in [2.45, 2.75) is 12.5 Å². The molecule has 0 aromatic carbocycles. The van der Waals surface area contributed by atoms with Gasteiger partial charge >= 0.3 is 5.97 Å². The number of carboxylic acid groups (broad SMARTS) is 1. The van der Waals surface area contributed by atoms with Gasteiger partial charge in [0.05, 0.1) is 6.42 Å². The van der Waals surface area contributed by atoms with Crippen molar-refractivity contribution in [1.82, 2.24) is 0 Å². The zero-order chi connectivity index (χ0) is 9.14. The van der Waals surface area contributed by atoms with Crippen molar-refractivity contribution >= 4 is 33.2 Å². The largest absolute Gasteiger partial charge is 0.481 e. The van der Waals surface area contributed by atoms with Crippen molar-refractivity contribution in [3.05, 3.63) is 20.8 Å². The minimum absolute atomic E-state index is 0.0324. The van der Waals surface area contributed by atoms with Crippen LogP contribution in [-0.4, -0.2) is 11.1 Å². The van der Waals surface area contributed by atoms with Crippen LogP contribution in [0.1, 0.15) is 18.0 Å². The second kappa shape index (κ2) is 4.02. The first-order chi connectivity index (χ1) is 5.61. The van der Waals surface area contributed by atoms with Gasteiger partial charge in [-0.2, -0.15) is 11.3 Å². The molecule has 0 saturated carbocycles. The zero-order valence-electron chi connectivity index (χ0n) is 6.16. The number of rotatable bonds is 3. The van der Waals surface area contributed by atoms with Crippen molar-refractivity contribution < 1.29 is 9.90 Å². The van der Waals surface area contributed by atoms with Crippen LogP contribution in [0.25, 0.3) is 0 Å². The Morgan fingerprint density at radius 1 is 1.75 bits per heavy atom. The van der Waals surface area contributed by atoms with E-state index < -0.39 is 12.0 Å². The molecular formula is C7H8BrNO2S. The third-order valence-corrected chi connectivity index (χ3v) is 3.19. The maximum Gasteiger partial charge on any atom is 0.305 e. The van der Waals surface area contributed by atoms with Gasteiger partial charge < -0.3 is 10.8 Å². The molecule has 0 aliphatic rings. The minimum atomic E-state index is -0.874. The van der Waals surface area contributed by atoms with Gasteiger partial charge in [0.15, 0.2) is 0 Å². The number of aliphatic carboxylic acids is 1. The summed E-state index contributed by atoms with van der Waals surface area (Å²) in [7, 11) is 0. The molecule has 0 aliphatic carbocycles. The van der Waals surface area contributed by atoms with Gasteiger partial charge in [-0.05, 0) is 26.9 Å². The molecule has 0 amide bonds. The van der Waals surface area contributed by atoms with E-state index in [9.17, 15) is 4.79 Å². The summed E-state index contributed by atoms with van der Waals surface area (Å²) < 4.78 is 0.890. The highest BCUT2D eigenvalue weighted by Crippen LogP contribution is 2.27. The Labute approximate surface area is 82.3 Å². The molecule has 0 radical (unpaired) electrons. The van der Waals surface area contributed by atoms with E-state index in [2.05, 4.69) is 15.9 Å². The van der Waals surface area contributed by atoms with Gasteiger partial charge in [0.2, 0.25) is 0 Å². The monoisotopic (exact) mass is 249 g/mol. The summed E-state index contributed by atoms with van der Waals surface area (Å²) in [5.41, 5.74) is 6.50. The summed E-state index contributed by atoms with van der Waals surface area (Å²) in [6, 6.07) is -0.414. The number of hydrogen-bond donors (Lipinski definition) is 2. The number of hydrogen-bond acceptors (Lipinski definition) is 3. The molecule has 1 aromatic rings. The summed E-state index contributed by atoms with van der Waals surface area (Å²) in [6.07, 6.45) is -0.0324. The third-order valence-electron chi connectivity index (χ3n) is 1.44. The predicted molar refractivity (Wildman–Crippen MR) is 51.2 cm³/mol. The summed E-state index contributed by atoms with van der Waals surface area (Å²) in [5.74, 6) is -0.874. The first-order valence-corrected chi connectivity index (χ1v) is 5.04. The minimum Gasteiger partial charge on any atom is -0.481 e. The first kappa shape index (κ1) is 9.70. The van der Waals surface area contributed by atoms with Crippen LogP contribution in [0.5, 0.6) is 0 Å². The smallest absolute Gasteiger partial charge is 0.305 e. The predicted octanol–water partition coefficient (Wildman–Crippen LogP) is 1.99. The average molecular weight is 250 g/mol. The van der Waals surface area contributed by atoms with E-state index in [0.29, 0.717) is 0 Å². The summed E-state index contributed by atoms with van der Waals surface area (Å²) >= 11 is 4.80. The number of thiophene rings is 1. The molecule has 0 bridgehead atoms. The zero-order valence-corrected chi connectivity index (χ0v) is 8.56. The van der Waals surface area contributed by atoms with Crippen LogP contribution in [0.3, 0.4) is 0 Å². The van der Waals surface area contributed by atoms with Crippen molar-refractivity contribution in [3.8, 4) is 0 Å². The summed E-state index contributed by atoms with van der Waals surface area (Å²) in [5, 5.41) is 12.2. The lowest BCUT2D eigenvalue weighted by atomic mass is 10.1. The Hall–Kier alpha value is -0.390. The molecule has 0 spiro atoms. The van der Waals surface area contributed by atoms with Gasteiger partial charge in [-0.25, -0.2) is 0 Å². The molecule has 1 heterocycles. The van der Waals surface area contributed by atoms with E-state index in [4.69, 9.17) is 10.8 Å². The number of carboxylic acids is 1. The molecule has 5 heteroatoms. The lowest BCUT2D eigenvalue weighted by molar-refractivity contribution is -0.137. The van der Waals surface area contributed by atoms with Gasteiger partial charge in [0, 0.05) is 15.9 Å². The van der Waals surface area contributed by atoms with Crippen LogP contribution in [0, 0.1) is 0 Å². The third kappa shape index (κ3) is 2.30. The highest BCUT2D eigenvalue weighted by Gasteiger charge is 2.13. The van der Waals surface area contributed by atoms with Crippen LogP contribution in [0.4, 0.5) is 0 Å². The van der Waals surface area contributed by atoms with Crippen LogP contribution in [0.2, 0.25) is 0 Å². The normalized spacial score (nSPS) is 12.8. The lowest BCUT2D eigenvalue weighted by Gasteiger charge is -2.06. The van der Waals surface area contributed by atoms with Crippen LogP contribution in [0.15, 0.2) is 15.2 Å². The molecule has 1 atom stereocenters. The fourth-order valence-corrected chi connectivity index (χ4v) is 2.51. The van der Waals surface area contributed by atoms with Gasteiger partial charge in [-0.15, -0.1) is 0 Å². The quantitative estimate of drug-likeness (QED) is 0.862. The van der Waals surface area contributed by atoms with E-state index in [0.717, 1.165) is 10.0 Å². The molecule has 1 unspecified atom stereocenters. The van der Waals surface area contributed by atoms with Crippen LogP contribution < -0.4 is 5.73 Å². The second-order valence-corrected chi connectivity index (χ2v) is 3.98. The summed E-state index contributed by atoms with van der Waals surface area (Å²) in [4.78, 5) is 10.3. The van der Waals surface area contributed by atoms with E-state index >= 15 is 0 Å². The molecule has 0 saturated heterocycles. The van der Waals surface area contributed by atoms with Gasteiger partial charge in [0.1, 0.15) is 0 Å². The number of nitrogens with two attached hydrogens (primary N) is 1. The first-order valence-electron chi connectivity index (χ1n) is 3.30. The fourth-order valence-electron chi connectivity index (χ4n) is 0.854. The Balaban J connectivity index is 2.71. The maximum absolute atomic E-state index is 10.3. The van der Waals surface area contributed by atoms with Crippen molar-refractivity contribution in [1.29, 1.82) is 0 Å². The van der Waals surface area contributed by atoms with E-state index in [1.54, 1.807) is 0 Å². The highest BCUT2D eigenvalue weighted by atomic mass is 79.9. The van der Waals surface area contributed by atoms with Gasteiger partial charge in [0.25, 0.3) is 0 Å². The highest BCUT2D eigenvalue weighted by molar-refractivity contribution is 9.10. The molecule has 1 rings (SSSR count). The Morgan fingerprint density at radius 2 is 2.42 bits per heavy atom. The Kier molecular flexibility index (Phi) is 3.25. The molecule has 3 nitrogen and oxygen atoms in total. The molecule has 0 fully saturated rings. The molecule has 12 heavy (non-hydrogen) atoms. The number of carbonyl (C=O) groups is 1. The lowest BCUT2D eigenvalue weighted by Crippen LogP contribution is -2.14. The maximum atomic E-state index is 10.3. The molecule has 3 N–H and O–H groups in total. The fraction of sp³-hybridized carbons (Fsp3) is 0.286. The van der Waals surface area contributed by atoms with Crippen LogP contribution in [-0.2, 0) is 4.79 Å². The number of halogens is 1. The molecule has 0 aliphatic heterocycles. The van der Waals surface area contributed by atoms with Crippen molar-refractivity contribution in [2.75, 3.05) is 0 Å². The van der Waals surface area contributed by atoms with Crippen LogP contribution >= 0.6 is 27.3 Å². The Bertz CT molecular complexity index is 287. The SMILES string of the molecule is NC(CC(=O)O)c1cscc1Br. The average Bonchev–Trinajstić information content (AvgIpc) is 2.33. The van der Waals surface area contributed by atoms with Crippen molar-refractivity contribution in [2.24, 2.45) is 5.73 Å². The summed E-state index contributed by atoms with van der Waals surface area (Å²) in [6.45, 7) is 0. The second-order valence-electron chi connectivity index (χ2n) is 2.38. The van der Waals surface area contributed by atoms with Gasteiger partial charge in [-0.3, -0.25) is 4.79 Å². The van der Waals surface area contributed by atoms with Gasteiger partial charge in [-0.1, -0.05) is 0 Å². The van der Waals surface area contributed by atoms with Crippen molar-refractivity contribution in [3.63, 3.8) is 0 Å². The van der Waals surface area contributed by atoms with E-state index in [1.807, 2.05) is 10.8 Å². The molecular weight excluding hydrogens is 242 g/mol. The molecule has 1 aromatic heterocycles. The standard InChI is InChI=1S/C7H8BrNO2S/c8-5-3-12-2-4(5)6(9)1-7(10)11/h2-3,6H,1,9H2,(H,10,11). The molecule has 66 valence electrons. The topological polar surface area (TPSA) is 63.3 Å². The van der Waals surface area contributed by atoms with E-state index in [-0.39, 0.29) is 6.42 Å². The Morgan fingerprint density at radius 3 is 2.83 bits per heavy atom. The van der Waals surface area contributed by atoms with E-state index in [1.165, 1.54) is 11.3 Å².